The van der Waals surface area contributed by atoms with Crippen LogP contribution in [0.1, 0.15) is 44.4 Å². The van der Waals surface area contributed by atoms with Gasteiger partial charge in [-0.05, 0) is 67.6 Å². The number of sulfonamides is 1. The SMILES string of the molecule is CCc1ccccc1N(CC(=O)N(Cc1cccc(OC)c1)C(C)C(=O)NCC(C)C)S(=O)(=O)c1ccc(C)cc1. The highest BCUT2D eigenvalue weighted by molar-refractivity contribution is 7.92. The van der Waals surface area contributed by atoms with E-state index in [0.717, 1.165) is 21.0 Å². The molecule has 9 heteroatoms. The fraction of sp³-hybridized carbons (Fsp3) is 0.375. The van der Waals surface area contributed by atoms with Gasteiger partial charge in [0.05, 0.1) is 17.7 Å². The van der Waals surface area contributed by atoms with Crippen LogP contribution in [0, 0.1) is 12.8 Å². The van der Waals surface area contributed by atoms with Gasteiger partial charge >= 0.3 is 0 Å². The van der Waals surface area contributed by atoms with E-state index in [1.807, 2.05) is 52.0 Å². The molecule has 0 saturated carbocycles. The summed E-state index contributed by atoms with van der Waals surface area (Å²) in [4.78, 5) is 28.8. The maximum Gasteiger partial charge on any atom is 0.264 e. The Morgan fingerprint density at radius 1 is 0.951 bits per heavy atom. The number of carbonyl (C=O) groups is 2. The molecule has 0 aliphatic heterocycles. The molecule has 0 aliphatic carbocycles. The number of methoxy groups -OCH3 is 1. The highest BCUT2D eigenvalue weighted by Crippen LogP contribution is 2.28. The molecule has 3 rings (SSSR count). The first-order valence-electron chi connectivity index (χ1n) is 13.8. The summed E-state index contributed by atoms with van der Waals surface area (Å²) >= 11 is 0. The van der Waals surface area contributed by atoms with Gasteiger partial charge in [0.25, 0.3) is 10.0 Å². The van der Waals surface area contributed by atoms with Crippen LogP contribution >= 0.6 is 0 Å². The zero-order valence-corrected chi connectivity index (χ0v) is 25.6. The van der Waals surface area contributed by atoms with Gasteiger partial charge < -0.3 is 15.0 Å². The van der Waals surface area contributed by atoms with E-state index in [1.165, 1.54) is 4.90 Å². The third-order valence-electron chi connectivity index (χ3n) is 6.87. The van der Waals surface area contributed by atoms with Crippen molar-refractivity contribution in [3.05, 3.63) is 89.5 Å². The first kappa shape index (κ1) is 31.7. The molecule has 3 aromatic rings. The van der Waals surface area contributed by atoms with E-state index in [1.54, 1.807) is 62.6 Å². The zero-order chi connectivity index (χ0) is 30.2. The van der Waals surface area contributed by atoms with Crippen molar-refractivity contribution in [2.24, 2.45) is 5.92 Å². The van der Waals surface area contributed by atoms with Crippen molar-refractivity contribution >= 4 is 27.5 Å². The minimum absolute atomic E-state index is 0.0869. The lowest BCUT2D eigenvalue weighted by molar-refractivity contribution is -0.139. The minimum atomic E-state index is -4.12. The molecule has 1 atom stereocenters. The largest absolute Gasteiger partial charge is 0.497 e. The zero-order valence-electron chi connectivity index (χ0n) is 24.8. The smallest absolute Gasteiger partial charge is 0.264 e. The van der Waals surface area contributed by atoms with Crippen molar-refractivity contribution in [2.45, 2.75) is 58.5 Å². The van der Waals surface area contributed by atoms with Crippen molar-refractivity contribution in [1.29, 1.82) is 0 Å². The number of carbonyl (C=O) groups excluding carboxylic acids is 2. The number of benzene rings is 3. The molecule has 41 heavy (non-hydrogen) atoms. The van der Waals surface area contributed by atoms with Crippen LogP contribution in [-0.2, 0) is 32.6 Å². The van der Waals surface area contributed by atoms with E-state index >= 15 is 0 Å². The number of anilines is 1. The van der Waals surface area contributed by atoms with E-state index in [0.29, 0.717) is 24.4 Å². The summed E-state index contributed by atoms with van der Waals surface area (Å²) in [5.74, 6) is 0.0418. The fourth-order valence-corrected chi connectivity index (χ4v) is 5.86. The van der Waals surface area contributed by atoms with Crippen LogP contribution in [0.2, 0.25) is 0 Å². The summed E-state index contributed by atoms with van der Waals surface area (Å²) in [5, 5.41) is 2.90. The molecule has 0 bridgehead atoms. The Bertz CT molecular complexity index is 1440. The van der Waals surface area contributed by atoms with Gasteiger partial charge in [-0.15, -0.1) is 0 Å². The van der Waals surface area contributed by atoms with Crippen LogP contribution in [0.25, 0.3) is 0 Å². The van der Waals surface area contributed by atoms with E-state index < -0.39 is 28.5 Å². The maximum atomic E-state index is 14.1. The molecule has 1 unspecified atom stereocenters. The van der Waals surface area contributed by atoms with Gasteiger partial charge in [0.15, 0.2) is 0 Å². The monoisotopic (exact) mass is 579 g/mol. The average Bonchev–Trinajstić information content (AvgIpc) is 2.97. The Morgan fingerprint density at radius 2 is 1.63 bits per heavy atom. The number of amides is 2. The Morgan fingerprint density at radius 3 is 2.27 bits per heavy atom. The predicted molar refractivity (Wildman–Crippen MR) is 162 cm³/mol. The number of aryl methyl sites for hydroxylation is 2. The summed E-state index contributed by atoms with van der Waals surface area (Å²) in [6.07, 6.45) is 0.575. The molecular weight excluding hydrogens is 538 g/mol. The van der Waals surface area contributed by atoms with Crippen LogP contribution < -0.4 is 14.4 Å². The highest BCUT2D eigenvalue weighted by atomic mass is 32.2. The van der Waals surface area contributed by atoms with E-state index in [4.69, 9.17) is 4.74 Å². The lowest BCUT2D eigenvalue weighted by atomic mass is 10.1. The molecule has 0 aromatic heterocycles. The number of hydrogen-bond donors (Lipinski definition) is 1. The minimum Gasteiger partial charge on any atom is -0.497 e. The Balaban J connectivity index is 2.06. The summed E-state index contributed by atoms with van der Waals surface area (Å²) < 4.78 is 34.6. The molecule has 0 fully saturated rings. The maximum absolute atomic E-state index is 14.1. The topological polar surface area (TPSA) is 96.0 Å². The summed E-state index contributed by atoms with van der Waals surface area (Å²) in [7, 11) is -2.56. The van der Waals surface area contributed by atoms with Gasteiger partial charge in [-0.3, -0.25) is 13.9 Å². The third kappa shape index (κ3) is 8.10. The lowest BCUT2D eigenvalue weighted by Crippen LogP contribution is -2.51. The van der Waals surface area contributed by atoms with E-state index in [-0.39, 0.29) is 23.3 Å². The molecule has 0 saturated heterocycles. The van der Waals surface area contributed by atoms with Crippen LogP contribution in [-0.4, -0.2) is 51.4 Å². The first-order chi connectivity index (χ1) is 19.5. The number of para-hydroxylation sites is 1. The average molecular weight is 580 g/mol. The van der Waals surface area contributed by atoms with Gasteiger partial charge in [0.2, 0.25) is 11.8 Å². The Hall–Kier alpha value is -3.85. The summed E-state index contributed by atoms with van der Waals surface area (Å²) in [6, 6.07) is 20.1. The second-order valence-electron chi connectivity index (χ2n) is 10.5. The van der Waals surface area contributed by atoms with Crippen molar-refractivity contribution in [3.8, 4) is 5.75 Å². The number of nitrogens with one attached hydrogen (secondary N) is 1. The van der Waals surface area contributed by atoms with Crippen LogP contribution in [0.4, 0.5) is 5.69 Å². The van der Waals surface area contributed by atoms with Gasteiger partial charge in [-0.25, -0.2) is 8.42 Å². The van der Waals surface area contributed by atoms with Crippen LogP contribution in [0.5, 0.6) is 5.75 Å². The molecule has 0 radical (unpaired) electrons. The Labute approximate surface area is 244 Å². The number of ether oxygens (including phenoxy) is 1. The molecule has 220 valence electrons. The van der Waals surface area contributed by atoms with Crippen molar-refractivity contribution in [2.75, 3.05) is 24.5 Å². The van der Waals surface area contributed by atoms with Gasteiger partial charge in [0.1, 0.15) is 18.3 Å². The molecule has 0 heterocycles. The normalized spacial score (nSPS) is 12.1. The summed E-state index contributed by atoms with van der Waals surface area (Å²) in [5.41, 5.74) is 2.90. The predicted octanol–water partition coefficient (Wildman–Crippen LogP) is 4.95. The van der Waals surface area contributed by atoms with Crippen molar-refractivity contribution in [3.63, 3.8) is 0 Å². The third-order valence-corrected chi connectivity index (χ3v) is 8.64. The molecule has 8 nitrogen and oxygen atoms in total. The molecule has 3 aromatic carbocycles. The highest BCUT2D eigenvalue weighted by Gasteiger charge is 2.33. The molecule has 1 N–H and O–H groups in total. The van der Waals surface area contributed by atoms with Gasteiger partial charge in [0, 0.05) is 13.1 Å². The van der Waals surface area contributed by atoms with Crippen LogP contribution in [0.15, 0.2) is 77.7 Å². The van der Waals surface area contributed by atoms with E-state index in [2.05, 4.69) is 5.32 Å². The molecule has 2 amide bonds. The molecular formula is C32H41N3O5S. The van der Waals surface area contributed by atoms with Gasteiger partial charge in [-0.1, -0.05) is 68.8 Å². The first-order valence-corrected chi connectivity index (χ1v) is 15.3. The standard InChI is InChI=1S/C32H41N3O5S/c1-7-27-12-8-9-14-30(27)35(41(38,39)29-17-15-24(4)16-18-29)22-31(36)34(25(5)32(37)33-20-23(2)3)21-26-11-10-13-28(19-26)40-6/h8-19,23,25H,7,20-22H2,1-6H3,(H,33,37). The van der Waals surface area contributed by atoms with Crippen molar-refractivity contribution in [1.82, 2.24) is 10.2 Å². The van der Waals surface area contributed by atoms with E-state index in [9.17, 15) is 18.0 Å². The lowest BCUT2D eigenvalue weighted by Gasteiger charge is -2.32. The molecule has 0 spiro atoms. The second-order valence-corrected chi connectivity index (χ2v) is 12.4. The number of nitrogens with zero attached hydrogens (tertiary/aromatic N) is 2. The van der Waals surface area contributed by atoms with Crippen LogP contribution in [0.3, 0.4) is 0 Å². The van der Waals surface area contributed by atoms with Crippen molar-refractivity contribution < 1.29 is 22.7 Å². The molecule has 0 aliphatic rings. The number of rotatable bonds is 13. The quantitative estimate of drug-likeness (QED) is 0.309. The van der Waals surface area contributed by atoms with Gasteiger partial charge in [-0.2, -0.15) is 0 Å². The fourth-order valence-electron chi connectivity index (χ4n) is 4.41. The second kappa shape index (κ2) is 14.2. The summed E-state index contributed by atoms with van der Waals surface area (Å²) in [6.45, 7) is 9.54. The number of hydrogen-bond acceptors (Lipinski definition) is 5. The Kier molecular flexibility index (Phi) is 10.9.